The van der Waals surface area contributed by atoms with Gasteiger partial charge < -0.3 is 15.4 Å². The summed E-state index contributed by atoms with van der Waals surface area (Å²) in [6, 6.07) is 16.9. The molecule has 0 unspecified atom stereocenters. The summed E-state index contributed by atoms with van der Waals surface area (Å²) in [5.74, 6) is 1.59. The van der Waals surface area contributed by atoms with Crippen molar-refractivity contribution in [2.45, 2.75) is 27.2 Å². The van der Waals surface area contributed by atoms with Gasteiger partial charge in [0, 0.05) is 17.4 Å². The molecule has 3 aromatic rings. The number of aryl methyl sites for hydroxylation is 2. The van der Waals surface area contributed by atoms with Gasteiger partial charge in [-0.25, -0.2) is 9.97 Å². The Morgan fingerprint density at radius 3 is 2.50 bits per heavy atom. The number of ether oxygens (including phenoxy) is 1. The second-order valence-electron chi connectivity index (χ2n) is 6.23. The maximum absolute atomic E-state index is 12.6. The molecule has 3 rings (SSSR count). The Balaban J connectivity index is 1.77. The average Bonchev–Trinajstić information content (AvgIpc) is 2.69. The molecule has 0 atom stereocenters. The van der Waals surface area contributed by atoms with Crippen LogP contribution in [0.3, 0.4) is 0 Å². The minimum absolute atomic E-state index is 0.290. The Hall–Kier alpha value is -3.41. The number of para-hydroxylation sites is 1. The Labute approximate surface area is 165 Å². The van der Waals surface area contributed by atoms with Crippen molar-refractivity contribution >= 4 is 23.1 Å². The maximum Gasteiger partial charge on any atom is 0.274 e. The third kappa shape index (κ3) is 4.85. The molecule has 0 bridgehead atoms. The molecule has 6 heteroatoms. The monoisotopic (exact) mass is 376 g/mol. The van der Waals surface area contributed by atoms with Gasteiger partial charge >= 0.3 is 0 Å². The van der Waals surface area contributed by atoms with Crippen LogP contribution in [0, 0.1) is 6.92 Å². The van der Waals surface area contributed by atoms with Gasteiger partial charge in [0.05, 0.1) is 6.61 Å². The molecule has 2 N–H and O–H groups in total. The number of carbonyl (C=O) groups excluding carboxylic acids is 1. The van der Waals surface area contributed by atoms with E-state index >= 15 is 0 Å². The number of amides is 1. The number of anilines is 3. The van der Waals surface area contributed by atoms with Crippen LogP contribution in [0.1, 0.15) is 35.7 Å². The van der Waals surface area contributed by atoms with Gasteiger partial charge in [-0.05, 0) is 56.2 Å². The first kappa shape index (κ1) is 19.4. The normalized spacial score (nSPS) is 10.4. The smallest absolute Gasteiger partial charge is 0.274 e. The largest absolute Gasteiger partial charge is 0.494 e. The van der Waals surface area contributed by atoms with Gasteiger partial charge in [0.15, 0.2) is 0 Å². The van der Waals surface area contributed by atoms with Crippen LogP contribution in [0.15, 0.2) is 54.6 Å². The highest BCUT2D eigenvalue weighted by Crippen LogP contribution is 2.21. The minimum atomic E-state index is -0.290. The van der Waals surface area contributed by atoms with Crippen LogP contribution in [0.25, 0.3) is 0 Å². The molecule has 0 saturated heterocycles. The zero-order valence-electron chi connectivity index (χ0n) is 16.3. The molecule has 0 aliphatic heterocycles. The molecule has 1 heterocycles. The molecule has 0 saturated carbocycles. The van der Waals surface area contributed by atoms with Crippen LogP contribution in [0.5, 0.6) is 5.75 Å². The van der Waals surface area contributed by atoms with E-state index in [0.29, 0.717) is 29.6 Å². The standard InChI is InChI=1S/C22H24N4O2/c1-4-16-8-6-7-9-19(16)26-21-14-20(23-15(3)24-21)22(27)25-17-10-12-18(13-11-17)28-5-2/h6-14H,4-5H2,1-3H3,(H,25,27)(H,23,24,26). The van der Waals surface area contributed by atoms with Crippen molar-refractivity contribution in [1.82, 2.24) is 9.97 Å². The van der Waals surface area contributed by atoms with E-state index in [2.05, 4.69) is 33.6 Å². The average molecular weight is 376 g/mol. The van der Waals surface area contributed by atoms with E-state index in [4.69, 9.17) is 4.74 Å². The molecule has 0 aliphatic carbocycles. The van der Waals surface area contributed by atoms with Crippen LogP contribution < -0.4 is 15.4 Å². The number of hydrogen-bond donors (Lipinski definition) is 2. The molecular weight excluding hydrogens is 352 g/mol. The van der Waals surface area contributed by atoms with Crippen molar-refractivity contribution in [2.24, 2.45) is 0 Å². The molecular formula is C22H24N4O2. The first-order chi connectivity index (χ1) is 13.6. The second kappa shape index (κ2) is 8.99. The van der Waals surface area contributed by atoms with Crippen molar-refractivity contribution in [1.29, 1.82) is 0 Å². The van der Waals surface area contributed by atoms with Crippen LogP contribution >= 0.6 is 0 Å². The summed E-state index contributed by atoms with van der Waals surface area (Å²) in [5, 5.41) is 6.15. The molecule has 0 fully saturated rings. The number of nitrogens with zero attached hydrogens (tertiary/aromatic N) is 2. The fourth-order valence-electron chi connectivity index (χ4n) is 2.83. The van der Waals surface area contributed by atoms with E-state index < -0.39 is 0 Å². The SMILES string of the molecule is CCOc1ccc(NC(=O)c2cc(Nc3ccccc3CC)nc(C)n2)cc1. The van der Waals surface area contributed by atoms with E-state index in [1.807, 2.05) is 37.3 Å². The summed E-state index contributed by atoms with van der Waals surface area (Å²) in [6.45, 7) is 6.40. The van der Waals surface area contributed by atoms with Crippen molar-refractivity contribution in [3.63, 3.8) is 0 Å². The summed E-state index contributed by atoms with van der Waals surface area (Å²) in [4.78, 5) is 21.3. The molecule has 144 valence electrons. The first-order valence-electron chi connectivity index (χ1n) is 9.34. The van der Waals surface area contributed by atoms with Crippen LogP contribution in [-0.4, -0.2) is 22.5 Å². The fraction of sp³-hybridized carbons (Fsp3) is 0.227. The van der Waals surface area contributed by atoms with Crippen molar-refractivity contribution in [2.75, 3.05) is 17.2 Å². The quantitative estimate of drug-likeness (QED) is 0.623. The number of nitrogens with one attached hydrogen (secondary N) is 2. The predicted molar refractivity (Wildman–Crippen MR) is 111 cm³/mol. The van der Waals surface area contributed by atoms with Crippen molar-refractivity contribution in [3.05, 3.63) is 71.7 Å². The molecule has 6 nitrogen and oxygen atoms in total. The molecule has 1 amide bonds. The van der Waals surface area contributed by atoms with Gasteiger partial charge in [-0.2, -0.15) is 0 Å². The van der Waals surface area contributed by atoms with Crippen LogP contribution in [-0.2, 0) is 6.42 Å². The van der Waals surface area contributed by atoms with Gasteiger partial charge in [-0.3, -0.25) is 4.79 Å². The van der Waals surface area contributed by atoms with E-state index in [1.165, 1.54) is 5.56 Å². The lowest BCUT2D eigenvalue weighted by Crippen LogP contribution is -2.15. The zero-order valence-corrected chi connectivity index (χ0v) is 16.3. The summed E-state index contributed by atoms with van der Waals surface area (Å²) in [7, 11) is 0. The molecule has 28 heavy (non-hydrogen) atoms. The highest BCUT2D eigenvalue weighted by atomic mass is 16.5. The first-order valence-corrected chi connectivity index (χ1v) is 9.34. The highest BCUT2D eigenvalue weighted by Gasteiger charge is 2.12. The number of benzene rings is 2. The third-order valence-electron chi connectivity index (χ3n) is 4.15. The molecule has 1 aromatic heterocycles. The second-order valence-corrected chi connectivity index (χ2v) is 6.23. The Kier molecular flexibility index (Phi) is 6.22. The van der Waals surface area contributed by atoms with Crippen LogP contribution in [0.2, 0.25) is 0 Å². The number of aromatic nitrogens is 2. The molecule has 2 aromatic carbocycles. The summed E-state index contributed by atoms with van der Waals surface area (Å²) >= 11 is 0. The number of rotatable bonds is 7. The van der Waals surface area contributed by atoms with Crippen LogP contribution in [0.4, 0.5) is 17.2 Å². The van der Waals surface area contributed by atoms with E-state index in [0.717, 1.165) is 17.9 Å². The highest BCUT2D eigenvalue weighted by molar-refractivity contribution is 6.03. The molecule has 0 aliphatic rings. The number of carbonyl (C=O) groups is 1. The molecule has 0 spiro atoms. The summed E-state index contributed by atoms with van der Waals surface area (Å²) in [5.41, 5.74) is 3.13. The van der Waals surface area contributed by atoms with Crippen molar-refractivity contribution < 1.29 is 9.53 Å². The van der Waals surface area contributed by atoms with E-state index in [-0.39, 0.29) is 5.91 Å². The Bertz CT molecular complexity index is 955. The Morgan fingerprint density at radius 1 is 1.04 bits per heavy atom. The Morgan fingerprint density at radius 2 is 1.79 bits per heavy atom. The zero-order chi connectivity index (χ0) is 19.9. The van der Waals surface area contributed by atoms with Gasteiger partial charge in [0.1, 0.15) is 23.1 Å². The predicted octanol–water partition coefficient (Wildman–Crippen LogP) is 4.74. The van der Waals surface area contributed by atoms with E-state index in [1.54, 1.807) is 25.1 Å². The third-order valence-corrected chi connectivity index (χ3v) is 4.15. The van der Waals surface area contributed by atoms with Crippen molar-refractivity contribution in [3.8, 4) is 5.75 Å². The fourth-order valence-corrected chi connectivity index (χ4v) is 2.83. The van der Waals surface area contributed by atoms with Gasteiger partial charge in [0.25, 0.3) is 5.91 Å². The lowest BCUT2D eigenvalue weighted by Gasteiger charge is -2.12. The van der Waals surface area contributed by atoms with Gasteiger partial charge in [0.2, 0.25) is 0 Å². The van der Waals surface area contributed by atoms with Gasteiger partial charge in [-0.15, -0.1) is 0 Å². The maximum atomic E-state index is 12.6. The van der Waals surface area contributed by atoms with Gasteiger partial charge in [-0.1, -0.05) is 25.1 Å². The topological polar surface area (TPSA) is 76.1 Å². The minimum Gasteiger partial charge on any atom is -0.494 e. The molecule has 0 radical (unpaired) electrons. The van der Waals surface area contributed by atoms with E-state index in [9.17, 15) is 4.79 Å². The summed E-state index contributed by atoms with van der Waals surface area (Å²) < 4.78 is 5.42. The summed E-state index contributed by atoms with van der Waals surface area (Å²) in [6.07, 6.45) is 0.901. The lowest BCUT2D eigenvalue weighted by atomic mass is 10.1. The number of hydrogen-bond acceptors (Lipinski definition) is 5. The lowest BCUT2D eigenvalue weighted by molar-refractivity contribution is 0.102.